The highest BCUT2D eigenvalue weighted by atomic mass is 16.3. The average Bonchev–Trinajstić information content (AvgIpc) is 2.51. The molecule has 6 atom stereocenters. The fraction of sp³-hybridized carbons (Fsp3) is 1.00. The van der Waals surface area contributed by atoms with Crippen molar-refractivity contribution in [3.8, 4) is 0 Å². The van der Waals surface area contributed by atoms with Gasteiger partial charge >= 0.3 is 0 Å². The van der Waals surface area contributed by atoms with Gasteiger partial charge in [-0.3, -0.25) is 0 Å². The highest BCUT2D eigenvalue weighted by Crippen LogP contribution is 2.71. The molecule has 0 saturated heterocycles. The van der Waals surface area contributed by atoms with Crippen LogP contribution < -0.4 is 0 Å². The van der Waals surface area contributed by atoms with Gasteiger partial charge in [0, 0.05) is 0 Å². The number of hydrogen-bond acceptors (Lipinski definition) is 1. The molecule has 1 N–H and O–H groups in total. The third-order valence-corrected chi connectivity index (χ3v) is 6.37. The molecule has 0 aromatic carbocycles. The molecule has 0 aromatic heterocycles. The molecular weight excluding hydrogens is 196 g/mol. The second-order valence-electron chi connectivity index (χ2n) is 7.59. The summed E-state index contributed by atoms with van der Waals surface area (Å²) in [6, 6.07) is 0. The first kappa shape index (κ1) is 11.1. The highest BCUT2D eigenvalue weighted by Gasteiger charge is 2.66. The molecule has 1 heteroatoms. The molecule has 3 saturated carbocycles. The first-order chi connectivity index (χ1) is 7.36. The second kappa shape index (κ2) is 3.04. The van der Waals surface area contributed by atoms with Gasteiger partial charge in [-0.05, 0) is 61.2 Å². The number of rotatable bonds is 0. The van der Waals surface area contributed by atoms with Crippen LogP contribution in [0.2, 0.25) is 0 Å². The topological polar surface area (TPSA) is 20.2 Å². The van der Waals surface area contributed by atoms with Crippen LogP contribution in [-0.2, 0) is 0 Å². The van der Waals surface area contributed by atoms with E-state index in [1.165, 1.54) is 19.3 Å². The van der Waals surface area contributed by atoms with Crippen molar-refractivity contribution in [2.45, 2.75) is 59.0 Å². The monoisotopic (exact) mass is 222 g/mol. The molecule has 3 aliphatic carbocycles. The lowest BCUT2D eigenvalue weighted by molar-refractivity contribution is -0.0302. The van der Waals surface area contributed by atoms with Crippen LogP contribution in [-0.4, -0.2) is 10.7 Å². The van der Waals surface area contributed by atoms with Crippen LogP contribution in [0.5, 0.6) is 0 Å². The van der Waals surface area contributed by atoms with Gasteiger partial charge in [-0.1, -0.05) is 27.2 Å². The van der Waals surface area contributed by atoms with E-state index >= 15 is 0 Å². The second-order valence-corrected chi connectivity index (χ2v) is 7.59. The van der Waals surface area contributed by atoms with Crippen molar-refractivity contribution in [1.29, 1.82) is 0 Å². The van der Waals surface area contributed by atoms with Gasteiger partial charge < -0.3 is 5.11 Å². The Morgan fingerprint density at radius 1 is 1.00 bits per heavy atom. The lowest BCUT2D eigenvalue weighted by Gasteiger charge is -2.35. The van der Waals surface area contributed by atoms with Gasteiger partial charge in [0.2, 0.25) is 0 Å². The van der Waals surface area contributed by atoms with Crippen molar-refractivity contribution < 1.29 is 5.11 Å². The van der Waals surface area contributed by atoms with Crippen molar-refractivity contribution in [3.63, 3.8) is 0 Å². The molecule has 0 unspecified atom stereocenters. The van der Waals surface area contributed by atoms with E-state index in [-0.39, 0.29) is 5.60 Å². The minimum Gasteiger partial charge on any atom is -0.390 e. The van der Waals surface area contributed by atoms with Gasteiger partial charge in [0.1, 0.15) is 0 Å². The van der Waals surface area contributed by atoms with Gasteiger partial charge in [-0.15, -0.1) is 0 Å². The molecule has 0 spiro atoms. The van der Waals surface area contributed by atoms with E-state index in [4.69, 9.17) is 0 Å². The Morgan fingerprint density at radius 3 is 2.38 bits per heavy atom. The number of fused-ring (bicyclic) bond motifs is 3. The summed E-state index contributed by atoms with van der Waals surface area (Å²) in [5.74, 6) is 4.03. The molecule has 3 aliphatic rings. The van der Waals surface area contributed by atoms with Crippen molar-refractivity contribution in [3.05, 3.63) is 0 Å². The third kappa shape index (κ3) is 1.27. The Kier molecular flexibility index (Phi) is 2.11. The summed E-state index contributed by atoms with van der Waals surface area (Å²) in [4.78, 5) is 0. The van der Waals surface area contributed by atoms with Crippen LogP contribution in [0.1, 0.15) is 53.4 Å². The summed E-state index contributed by atoms with van der Waals surface area (Å²) >= 11 is 0. The van der Waals surface area contributed by atoms with E-state index in [2.05, 4.69) is 27.7 Å². The molecule has 3 rings (SSSR count). The van der Waals surface area contributed by atoms with Crippen LogP contribution >= 0.6 is 0 Å². The Bertz CT molecular complexity index is 305. The molecule has 0 heterocycles. The molecule has 16 heavy (non-hydrogen) atoms. The van der Waals surface area contributed by atoms with Crippen molar-refractivity contribution >= 4 is 0 Å². The maximum absolute atomic E-state index is 10.7. The molecule has 0 aromatic rings. The van der Waals surface area contributed by atoms with E-state index < -0.39 is 0 Å². The van der Waals surface area contributed by atoms with Crippen LogP contribution in [0.25, 0.3) is 0 Å². The first-order valence-electron chi connectivity index (χ1n) is 7.08. The standard InChI is InChI=1S/C15H26O/c1-9-5-6-10-12(9)13-11(14(13,2)3)7-8-15(10,4)16/h9-13,16H,5-8H2,1-4H3/t9-,10+,11-,12+,13-,15-/m1/s1. The summed E-state index contributed by atoms with van der Waals surface area (Å²) in [6.07, 6.45) is 4.89. The average molecular weight is 222 g/mol. The number of hydrogen-bond donors (Lipinski definition) is 1. The summed E-state index contributed by atoms with van der Waals surface area (Å²) < 4.78 is 0. The summed E-state index contributed by atoms with van der Waals surface area (Å²) in [6.45, 7) is 9.41. The largest absolute Gasteiger partial charge is 0.390 e. The van der Waals surface area contributed by atoms with Gasteiger partial charge in [0.25, 0.3) is 0 Å². The van der Waals surface area contributed by atoms with Crippen molar-refractivity contribution in [1.82, 2.24) is 0 Å². The lowest BCUT2D eigenvalue weighted by atomic mass is 9.74. The van der Waals surface area contributed by atoms with E-state index in [1.807, 2.05) is 0 Å². The zero-order valence-corrected chi connectivity index (χ0v) is 11.2. The lowest BCUT2D eigenvalue weighted by Crippen LogP contribution is -2.38. The molecular formula is C15H26O. The SMILES string of the molecule is C[C@@H]1CC[C@H]2[C@H]1[C@H]1[C@@H](CC[C@@]2(C)O)C1(C)C. The fourth-order valence-electron chi connectivity index (χ4n) is 5.29. The minimum absolute atomic E-state index is 0.376. The summed E-state index contributed by atoms with van der Waals surface area (Å²) in [5.41, 5.74) is 0.191. The van der Waals surface area contributed by atoms with E-state index in [1.54, 1.807) is 0 Å². The van der Waals surface area contributed by atoms with Gasteiger partial charge in [-0.2, -0.15) is 0 Å². The van der Waals surface area contributed by atoms with Crippen molar-refractivity contribution in [2.24, 2.45) is 35.0 Å². The predicted octanol–water partition coefficient (Wildman–Crippen LogP) is 3.47. The zero-order valence-electron chi connectivity index (χ0n) is 11.2. The van der Waals surface area contributed by atoms with E-state index in [0.717, 1.165) is 30.1 Å². The summed E-state index contributed by atoms with van der Waals surface area (Å²) in [7, 11) is 0. The molecule has 92 valence electrons. The Balaban J connectivity index is 1.94. The molecule has 0 amide bonds. The predicted molar refractivity (Wildman–Crippen MR) is 66.0 cm³/mol. The van der Waals surface area contributed by atoms with Gasteiger partial charge in [0.05, 0.1) is 5.60 Å². The Morgan fingerprint density at radius 2 is 1.69 bits per heavy atom. The quantitative estimate of drug-likeness (QED) is 0.665. The maximum Gasteiger partial charge on any atom is 0.0650 e. The number of aliphatic hydroxyl groups is 1. The van der Waals surface area contributed by atoms with Crippen LogP contribution in [0, 0.1) is 35.0 Å². The molecule has 0 aliphatic heterocycles. The van der Waals surface area contributed by atoms with E-state index in [9.17, 15) is 5.11 Å². The summed E-state index contributed by atoms with van der Waals surface area (Å²) in [5, 5.41) is 10.7. The third-order valence-electron chi connectivity index (χ3n) is 6.37. The Labute approximate surface area is 99.6 Å². The molecule has 3 fully saturated rings. The molecule has 0 radical (unpaired) electrons. The van der Waals surface area contributed by atoms with Crippen LogP contribution in [0.3, 0.4) is 0 Å². The zero-order chi connectivity index (χ0) is 11.7. The van der Waals surface area contributed by atoms with Crippen LogP contribution in [0.15, 0.2) is 0 Å². The maximum atomic E-state index is 10.7. The van der Waals surface area contributed by atoms with Gasteiger partial charge in [0.15, 0.2) is 0 Å². The van der Waals surface area contributed by atoms with Crippen LogP contribution in [0.4, 0.5) is 0 Å². The fourth-order valence-corrected chi connectivity index (χ4v) is 5.29. The highest BCUT2D eigenvalue weighted by molar-refractivity contribution is 5.14. The molecule has 1 nitrogen and oxygen atoms in total. The Hall–Kier alpha value is -0.0400. The smallest absolute Gasteiger partial charge is 0.0650 e. The van der Waals surface area contributed by atoms with Gasteiger partial charge in [-0.25, -0.2) is 0 Å². The molecule has 0 bridgehead atoms. The van der Waals surface area contributed by atoms with E-state index in [0.29, 0.717) is 11.3 Å². The first-order valence-corrected chi connectivity index (χ1v) is 7.08. The minimum atomic E-state index is -0.376. The van der Waals surface area contributed by atoms with Crippen molar-refractivity contribution in [2.75, 3.05) is 0 Å². The normalized spacial score (nSPS) is 58.7.